The number of ether oxygens (including phenoxy) is 2. The second kappa shape index (κ2) is 11.4. The number of nitrogens with zero attached hydrogens (tertiary/aromatic N) is 1. The fourth-order valence-electron chi connectivity index (χ4n) is 3.45. The number of rotatable bonds is 9. The number of Topliss-reactive ketones (excluding diaryl/α,β-unsaturated/α-hetero) is 1. The van der Waals surface area contributed by atoms with Crippen LogP contribution < -0.4 is 43.8 Å². The molecule has 0 fully saturated rings. The summed E-state index contributed by atoms with van der Waals surface area (Å²) < 4.78 is 43.5. The smallest absolute Gasteiger partial charge is 1.00 e. The van der Waals surface area contributed by atoms with Crippen LogP contribution in [0.1, 0.15) is 23.1 Å². The van der Waals surface area contributed by atoms with Gasteiger partial charge in [-0.25, -0.2) is 8.42 Å². The van der Waals surface area contributed by atoms with Crippen LogP contribution in [0.15, 0.2) is 76.0 Å². The molecule has 0 saturated carbocycles. The average molecular weight is 535 g/mol. The molecule has 0 aliphatic heterocycles. The Labute approximate surface area is 236 Å². The Bertz CT molecular complexity index is 1500. The van der Waals surface area contributed by atoms with Gasteiger partial charge in [0, 0.05) is 39.3 Å². The molecule has 0 unspecified atom stereocenters. The fourth-order valence-corrected chi connectivity index (χ4v) is 5.18. The van der Waals surface area contributed by atoms with Gasteiger partial charge in [0.25, 0.3) is 10.0 Å². The Morgan fingerprint density at radius 3 is 2.33 bits per heavy atom. The molecule has 4 rings (SSSR count). The van der Waals surface area contributed by atoms with Crippen molar-refractivity contribution >= 4 is 38.5 Å². The molecule has 182 valence electrons. The van der Waals surface area contributed by atoms with E-state index in [1.165, 1.54) is 37.4 Å². The SMILES string of the molecule is C=C(C(=O)c1ccc(S(=O)(=O)Nc2cc(C)on2)cc1)c1cc(-c2cccs2)c(OC)cc1OC.[H-].[Na+]. The summed E-state index contributed by atoms with van der Waals surface area (Å²) in [5.74, 6) is 1.22. The van der Waals surface area contributed by atoms with Crippen molar-refractivity contribution in [2.75, 3.05) is 18.9 Å². The number of benzene rings is 2. The number of aryl methyl sites for hydroxylation is 1. The van der Waals surface area contributed by atoms with E-state index in [1.54, 1.807) is 31.4 Å². The quantitative estimate of drug-likeness (QED) is 0.200. The number of aromatic nitrogens is 1. The molecule has 0 atom stereocenters. The van der Waals surface area contributed by atoms with Gasteiger partial charge in [-0.1, -0.05) is 17.8 Å². The zero-order valence-electron chi connectivity index (χ0n) is 21.2. The number of thiophene rings is 1. The number of hydrogen-bond acceptors (Lipinski definition) is 8. The van der Waals surface area contributed by atoms with Crippen LogP contribution in [0.25, 0.3) is 16.0 Å². The van der Waals surface area contributed by atoms with Crippen molar-refractivity contribution in [3.8, 4) is 21.9 Å². The summed E-state index contributed by atoms with van der Waals surface area (Å²) in [5.41, 5.74) is 1.81. The predicted octanol–water partition coefficient (Wildman–Crippen LogP) is 2.54. The standard InChI is InChI=1S/C25H22N2O6S2.Na.H/c1-15-12-24(26-33-15)27-35(29,30)18-9-7-17(8-10-18)25(28)16(2)19-13-20(23-6-5-11-34-23)22(32-4)14-21(19)31-3;;/h5-14H,2H2,1,3-4H3,(H,26,27);;/q;+1;-1. The molecule has 2 aromatic carbocycles. The molecule has 2 aromatic heterocycles. The molecule has 0 amide bonds. The summed E-state index contributed by atoms with van der Waals surface area (Å²) >= 11 is 1.54. The first-order valence-corrected chi connectivity index (χ1v) is 12.7. The zero-order valence-corrected chi connectivity index (χ0v) is 23.8. The zero-order chi connectivity index (χ0) is 25.2. The van der Waals surface area contributed by atoms with Crippen LogP contribution >= 0.6 is 11.3 Å². The van der Waals surface area contributed by atoms with Gasteiger partial charge in [0.05, 0.1) is 19.1 Å². The topological polar surface area (TPSA) is 108 Å². The number of anilines is 1. The van der Waals surface area contributed by atoms with Gasteiger partial charge in [0.15, 0.2) is 11.6 Å². The van der Waals surface area contributed by atoms with Crippen LogP contribution in [0.5, 0.6) is 11.5 Å². The largest absolute Gasteiger partial charge is 1.00 e. The molecular weight excluding hydrogens is 511 g/mol. The van der Waals surface area contributed by atoms with Crippen LogP contribution in [-0.2, 0) is 10.0 Å². The number of allylic oxidation sites excluding steroid dienone is 1. The van der Waals surface area contributed by atoms with Crippen molar-refractivity contribution in [2.45, 2.75) is 11.8 Å². The van der Waals surface area contributed by atoms with Crippen LogP contribution in [0.2, 0.25) is 0 Å². The molecule has 0 spiro atoms. The monoisotopic (exact) mass is 534 g/mol. The molecule has 36 heavy (non-hydrogen) atoms. The summed E-state index contributed by atoms with van der Waals surface area (Å²) in [5, 5.41) is 5.58. The first-order valence-electron chi connectivity index (χ1n) is 10.3. The molecule has 8 nitrogen and oxygen atoms in total. The molecule has 0 bridgehead atoms. The van der Waals surface area contributed by atoms with E-state index in [2.05, 4.69) is 16.5 Å². The summed E-state index contributed by atoms with van der Waals surface area (Å²) in [4.78, 5) is 14.2. The molecule has 2 heterocycles. The summed E-state index contributed by atoms with van der Waals surface area (Å²) in [6, 6.07) is 14.4. The minimum absolute atomic E-state index is 0. The molecule has 1 N–H and O–H groups in total. The van der Waals surface area contributed by atoms with Gasteiger partial charge in [0.2, 0.25) is 0 Å². The van der Waals surface area contributed by atoms with E-state index < -0.39 is 10.0 Å². The Morgan fingerprint density at radius 1 is 1.08 bits per heavy atom. The maximum absolute atomic E-state index is 13.2. The molecule has 0 radical (unpaired) electrons. The summed E-state index contributed by atoms with van der Waals surface area (Å²) in [7, 11) is -0.830. The minimum atomic E-state index is -3.90. The number of hydrogen-bond donors (Lipinski definition) is 1. The Hall–Kier alpha value is -2.89. The van der Waals surface area contributed by atoms with Gasteiger partial charge in [0.1, 0.15) is 17.3 Å². The second-order valence-electron chi connectivity index (χ2n) is 7.49. The number of nitrogens with one attached hydrogen (secondary N) is 1. The van der Waals surface area contributed by atoms with Crippen LogP contribution in [-0.4, -0.2) is 33.6 Å². The average Bonchev–Trinajstić information content (AvgIpc) is 3.54. The van der Waals surface area contributed by atoms with Crippen molar-refractivity contribution in [1.29, 1.82) is 0 Å². The second-order valence-corrected chi connectivity index (χ2v) is 10.1. The first-order chi connectivity index (χ1) is 16.7. The van der Waals surface area contributed by atoms with Crippen LogP contribution in [0.4, 0.5) is 5.82 Å². The van der Waals surface area contributed by atoms with E-state index in [4.69, 9.17) is 14.0 Å². The Balaban J connectivity index is 0.00000241. The van der Waals surface area contributed by atoms with Gasteiger partial charge >= 0.3 is 29.6 Å². The first kappa shape index (κ1) is 27.7. The van der Waals surface area contributed by atoms with Gasteiger partial charge in [-0.15, -0.1) is 11.3 Å². The number of ketones is 1. The predicted molar refractivity (Wildman–Crippen MR) is 136 cm³/mol. The number of carbonyl (C=O) groups is 1. The van der Waals surface area contributed by atoms with E-state index >= 15 is 0 Å². The van der Waals surface area contributed by atoms with E-state index in [9.17, 15) is 13.2 Å². The van der Waals surface area contributed by atoms with Gasteiger partial charge < -0.3 is 15.4 Å². The normalized spacial score (nSPS) is 10.9. The van der Waals surface area contributed by atoms with Crippen molar-refractivity contribution in [3.05, 3.63) is 83.4 Å². The molecule has 0 aliphatic rings. The Morgan fingerprint density at radius 2 is 1.78 bits per heavy atom. The van der Waals surface area contributed by atoms with Crippen molar-refractivity contribution in [3.63, 3.8) is 0 Å². The van der Waals surface area contributed by atoms with E-state index in [1.807, 2.05) is 23.6 Å². The van der Waals surface area contributed by atoms with Gasteiger partial charge in [-0.2, -0.15) is 0 Å². The molecule has 4 aromatic rings. The summed E-state index contributed by atoms with van der Waals surface area (Å²) in [6.07, 6.45) is 0. The third kappa shape index (κ3) is 5.74. The number of methoxy groups -OCH3 is 2. The summed E-state index contributed by atoms with van der Waals surface area (Å²) in [6.45, 7) is 5.65. The Kier molecular flexibility index (Phi) is 8.80. The van der Waals surface area contributed by atoms with Gasteiger partial charge in [-0.3, -0.25) is 9.52 Å². The maximum atomic E-state index is 13.2. The van der Waals surface area contributed by atoms with E-state index in [0.717, 1.165) is 10.4 Å². The number of carbonyl (C=O) groups excluding carboxylic acids is 1. The molecular formula is C25H23N2NaO6S2. The molecule has 0 saturated heterocycles. The number of sulfonamides is 1. The fraction of sp³-hybridized carbons (Fsp3) is 0.120. The van der Waals surface area contributed by atoms with Crippen molar-refractivity contribution < 1.29 is 58.2 Å². The van der Waals surface area contributed by atoms with Crippen LogP contribution in [0.3, 0.4) is 0 Å². The third-order valence-corrected chi connectivity index (χ3v) is 7.47. The van der Waals surface area contributed by atoms with Crippen molar-refractivity contribution in [1.82, 2.24) is 5.16 Å². The molecule has 11 heteroatoms. The van der Waals surface area contributed by atoms with Crippen LogP contribution in [0, 0.1) is 6.92 Å². The van der Waals surface area contributed by atoms with Crippen molar-refractivity contribution in [2.24, 2.45) is 0 Å². The van der Waals surface area contributed by atoms with E-state index in [0.29, 0.717) is 22.8 Å². The third-order valence-electron chi connectivity index (χ3n) is 5.20. The maximum Gasteiger partial charge on any atom is 1.00 e. The van der Waals surface area contributed by atoms with Gasteiger partial charge in [-0.05, 0) is 48.7 Å². The molecule has 0 aliphatic carbocycles. The minimum Gasteiger partial charge on any atom is -1.00 e. The van der Waals surface area contributed by atoms with E-state index in [-0.39, 0.29) is 58.6 Å².